The van der Waals surface area contributed by atoms with E-state index in [1.807, 2.05) is 0 Å². The Morgan fingerprint density at radius 1 is 0.957 bits per heavy atom. The molecule has 1 nitrogen and oxygen atoms in total. The molecule has 2 saturated carbocycles. The predicted octanol–water partition coefficient (Wildman–Crippen LogP) is 5.44. The minimum absolute atomic E-state index is 0.465. The fraction of sp³-hybridized carbons (Fsp3) is 0.667. The van der Waals surface area contributed by atoms with Crippen molar-refractivity contribution >= 4 is 13.2 Å². The van der Waals surface area contributed by atoms with E-state index in [2.05, 4.69) is 0 Å². The molecule has 0 amide bonds. The molecular weight excluding hydrogens is 320 g/mol. The van der Waals surface area contributed by atoms with Gasteiger partial charge >= 0.3 is 6.18 Å². The second kappa shape index (κ2) is 7.01. The number of rotatable bonds is 4. The predicted molar refractivity (Wildman–Crippen MR) is 90.5 cm³/mol. The summed E-state index contributed by atoms with van der Waals surface area (Å²) >= 11 is 0. The van der Waals surface area contributed by atoms with Crippen molar-refractivity contribution in [3.05, 3.63) is 23.8 Å². The van der Waals surface area contributed by atoms with Crippen LogP contribution in [0.1, 0.15) is 56.9 Å². The smallest absolute Gasteiger partial charge is 0.416 e. The van der Waals surface area contributed by atoms with E-state index < -0.39 is 19.7 Å². The summed E-state index contributed by atoms with van der Waals surface area (Å²) in [5.74, 6) is 0.465. The molecule has 0 aromatic heterocycles. The Morgan fingerprint density at radius 3 is 1.91 bits per heavy atom. The van der Waals surface area contributed by atoms with Crippen LogP contribution in [0, 0.1) is 0 Å². The number of methoxy groups -OCH3 is 1. The minimum Gasteiger partial charge on any atom is -0.493 e. The van der Waals surface area contributed by atoms with Crippen molar-refractivity contribution in [2.75, 3.05) is 7.11 Å². The summed E-state index contributed by atoms with van der Waals surface area (Å²) in [5, 5.41) is 1.10. The van der Waals surface area contributed by atoms with Crippen LogP contribution in [-0.2, 0) is 6.18 Å². The summed E-state index contributed by atoms with van der Waals surface area (Å²) in [6.07, 6.45) is 5.76. The van der Waals surface area contributed by atoms with E-state index in [0.717, 1.165) is 5.30 Å². The number of ether oxygens (including phenoxy) is 1. The highest BCUT2D eigenvalue weighted by Gasteiger charge is 2.43. The van der Waals surface area contributed by atoms with Crippen molar-refractivity contribution in [1.29, 1.82) is 0 Å². The Bertz CT molecular complexity index is 516. The maximum absolute atomic E-state index is 13.0. The Balaban J connectivity index is 1.97. The maximum Gasteiger partial charge on any atom is 0.416 e. The molecule has 0 heterocycles. The van der Waals surface area contributed by atoms with E-state index >= 15 is 0 Å². The third kappa shape index (κ3) is 3.68. The molecule has 0 atom stereocenters. The Labute approximate surface area is 137 Å². The molecular formula is C18H25F3OP+. The van der Waals surface area contributed by atoms with Crippen molar-refractivity contribution in [1.82, 2.24) is 0 Å². The van der Waals surface area contributed by atoms with Crippen LogP contribution in [0.2, 0.25) is 0 Å². The molecule has 1 aromatic carbocycles. The Hall–Kier alpha value is -0.760. The van der Waals surface area contributed by atoms with Gasteiger partial charge < -0.3 is 4.74 Å². The molecule has 128 valence electrons. The average Bonchev–Trinajstić information content (AvgIpc) is 3.20. The molecule has 0 unspecified atom stereocenters. The molecule has 2 aliphatic rings. The fourth-order valence-electron chi connectivity index (χ4n) is 4.35. The highest BCUT2D eigenvalue weighted by Crippen LogP contribution is 2.57. The zero-order valence-electron chi connectivity index (χ0n) is 13.6. The van der Waals surface area contributed by atoms with Gasteiger partial charge in [0.15, 0.2) is 5.75 Å². The van der Waals surface area contributed by atoms with Crippen molar-refractivity contribution in [2.45, 2.75) is 68.9 Å². The lowest BCUT2D eigenvalue weighted by Gasteiger charge is -2.24. The van der Waals surface area contributed by atoms with Crippen molar-refractivity contribution in [2.24, 2.45) is 0 Å². The van der Waals surface area contributed by atoms with E-state index in [1.165, 1.54) is 70.6 Å². The maximum atomic E-state index is 13.0. The van der Waals surface area contributed by atoms with Crippen LogP contribution in [-0.4, -0.2) is 18.4 Å². The fourth-order valence-corrected chi connectivity index (χ4v) is 8.69. The molecule has 0 N–H and O–H groups in total. The van der Waals surface area contributed by atoms with Crippen molar-refractivity contribution in [3.63, 3.8) is 0 Å². The molecule has 2 fully saturated rings. The normalized spacial score (nSPS) is 20.6. The summed E-state index contributed by atoms with van der Waals surface area (Å²) in [6.45, 7) is 0. The molecule has 0 aliphatic heterocycles. The third-order valence-corrected chi connectivity index (χ3v) is 9.38. The monoisotopic (exact) mass is 345 g/mol. The second-order valence-corrected chi connectivity index (χ2v) is 9.91. The van der Waals surface area contributed by atoms with Gasteiger partial charge in [0.1, 0.15) is 5.30 Å². The van der Waals surface area contributed by atoms with Gasteiger partial charge in [0.25, 0.3) is 0 Å². The topological polar surface area (TPSA) is 9.23 Å². The molecule has 0 spiro atoms. The lowest BCUT2D eigenvalue weighted by molar-refractivity contribution is -0.137. The van der Waals surface area contributed by atoms with Crippen LogP contribution in [0.25, 0.3) is 0 Å². The molecule has 3 rings (SSSR count). The average molecular weight is 345 g/mol. The first kappa shape index (κ1) is 17.1. The molecule has 1 aromatic rings. The number of hydrogen-bond donors (Lipinski definition) is 0. The van der Waals surface area contributed by atoms with E-state index in [9.17, 15) is 13.2 Å². The third-order valence-electron chi connectivity index (χ3n) is 5.43. The van der Waals surface area contributed by atoms with E-state index in [-0.39, 0.29) is 0 Å². The van der Waals surface area contributed by atoms with Crippen LogP contribution in [0.5, 0.6) is 5.75 Å². The minimum atomic E-state index is -4.31. The lowest BCUT2D eigenvalue weighted by Crippen LogP contribution is -2.21. The van der Waals surface area contributed by atoms with Gasteiger partial charge in [-0.3, -0.25) is 0 Å². The molecule has 23 heavy (non-hydrogen) atoms. The Morgan fingerprint density at radius 2 is 1.48 bits per heavy atom. The molecule has 2 aliphatic carbocycles. The van der Waals surface area contributed by atoms with E-state index in [4.69, 9.17) is 4.74 Å². The second-order valence-electron chi connectivity index (χ2n) is 6.83. The van der Waals surface area contributed by atoms with Gasteiger partial charge in [0.05, 0.1) is 24.0 Å². The summed E-state index contributed by atoms with van der Waals surface area (Å²) < 4.78 is 44.4. The molecule has 0 bridgehead atoms. The summed E-state index contributed by atoms with van der Waals surface area (Å²) in [5.41, 5.74) is 0.805. The van der Waals surface area contributed by atoms with Gasteiger partial charge in [-0.05, 0) is 69.6 Å². The van der Waals surface area contributed by atoms with Gasteiger partial charge in [-0.1, -0.05) is 0 Å². The first-order valence-corrected chi connectivity index (χ1v) is 10.3. The van der Waals surface area contributed by atoms with Crippen LogP contribution in [0.15, 0.2) is 18.2 Å². The molecule has 0 saturated heterocycles. The molecule has 5 heteroatoms. The first-order valence-electron chi connectivity index (χ1n) is 8.63. The van der Waals surface area contributed by atoms with Gasteiger partial charge in [-0.2, -0.15) is 13.2 Å². The largest absolute Gasteiger partial charge is 0.493 e. The Kier molecular flexibility index (Phi) is 5.20. The zero-order chi connectivity index (χ0) is 16.4. The van der Waals surface area contributed by atoms with Crippen LogP contribution in [0.3, 0.4) is 0 Å². The number of halogens is 3. The summed E-state index contributed by atoms with van der Waals surface area (Å²) in [4.78, 5) is 0. The zero-order valence-corrected chi connectivity index (χ0v) is 14.6. The van der Waals surface area contributed by atoms with Crippen molar-refractivity contribution < 1.29 is 17.9 Å². The molecule has 0 radical (unpaired) electrons. The van der Waals surface area contributed by atoms with Gasteiger partial charge in [0.2, 0.25) is 0 Å². The standard InChI is InChI=1S/C18H24F3OP/c1-22-16-12-13(18(19,20)21)10-11-17(16)23(14-6-2-3-7-14)15-8-4-5-9-15/h10-12,14-15H,2-9H2,1H3/p+1. The van der Waals surface area contributed by atoms with Crippen molar-refractivity contribution in [3.8, 4) is 5.75 Å². The van der Waals surface area contributed by atoms with Gasteiger partial charge in [-0.25, -0.2) is 0 Å². The number of hydrogen-bond acceptors (Lipinski definition) is 1. The quantitative estimate of drug-likeness (QED) is 0.661. The number of alkyl halides is 3. The van der Waals surface area contributed by atoms with Crippen LogP contribution < -0.4 is 10.0 Å². The summed E-state index contributed by atoms with van der Waals surface area (Å²) in [7, 11) is 0.629. The van der Waals surface area contributed by atoms with Crippen LogP contribution in [0.4, 0.5) is 13.2 Å². The SMILES string of the molecule is COc1cc(C(F)(F)F)ccc1[PH+](C1CCCC1)C1CCCC1. The van der Waals surface area contributed by atoms with E-state index in [1.54, 1.807) is 6.07 Å². The first-order chi connectivity index (χ1) is 11.0. The highest BCUT2D eigenvalue weighted by atomic mass is 31.1. The van der Waals surface area contributed by atoms with Gasteiger partial charge in [0, 0.05) is 7.92 Å². The van der Waals surface area contributed by atoms with Gasteiger partial charge in [-0.15, -0.1) is 0 Å². The summed E-state index contributed by atoms with van der Waals surface area (Å²) in [6, 6.07) is 4.20. The lowest BCUT2D eigenvalue weighted by atomic mass is 10.2. The van der Waals surface area contributed by atoms with Crippen LogP contribution >= 0.6 is 7.92 Å². The highest BCUT2D eigenvalue weighted by molar-refractivity contribution is 7.67. The number of benzene rings is 1. The van der Waals surface area contributed by atoms with E-state index in [0.29, 0.717) is 17.1 Å².